The van der Waals surface area contributed by atoms with Crippen molar-refractivity contribution in [1.82, 2.24) is 5.43 Å². The lowest BCUT2D eigenvalue weighted by molar-refractivity contribution is 0.457. The molecule has 0 radical (unpaired) electrons. The Morgan fingerprint density at radius 2 is 2.00 bits per heavy atom. The summed E-state index contributed by atoms with van der Waals surface area (Å²) in [6.07, 6.45) is 1.95. The molecule has 0 spiro atoms. The fourth-order valence-corrected chi connectivity index (χ4v) is 0.748. The van der Waals surface area contributed by atoms with E-state index in [4.69, 9.17) is 5.84 Å². The van der Waals surface area contributed by atoms with Crippen LogP contribution in [0.3, 0.4) is 0 Å². The van der Waals surface area contributed by atoms with E-state index in [0.717, 1.165) is 5.70 Å². The van der Waals surface area contributed by atoms with Gasteiger partial charge in [0.25, 0.3) is 0 Å². The highest BCUT2D eigenvalue weighted by molar-refractivity contribution is 5.05. The molecule has 0 saturated heterocycles. The summed E-state index contributed by atoms with van der Waals surface area (Å²) in [6.45, 7) is 8.20. The number of rotatable bonds is 2. The predicted octanol–water partition coefficient (Wildman–Crippen LogP) is 1.77. The fraction of sp³-hybridized carbons (Fsp3) is 0.714. The third-order valence-corrected chi connectivity index (χ3v) is 1.32. The summed E-state index contributed by atoms with van der Waals surface area (Å²) < 4.78 is 0. The number of allylic oxidation sites excluding steroid dienone is 2. The number of nitrogens with zero attached hydrogens (tertiary/aromatic N) is 2. The molecule has 0 aromatic carbocycles. The van der Waals surface area contributed by atoms with Crippen LogP contribution in [0.2, 0.25) is 0 Å². The molecule has 0 unspecified atom stereocenters. The molecule has 0 heterocycles. The molecule has 11 heavy (non-hydrogen) atoms. The first kappa shape index (κ1) is 9.94. The summed E-state index contributed by atoms with van der Waals surface area (Å²) in [4.78, 5) is 0. The van der Waals surface area contributed by atoms with Gasteiger partial charge in [0.15, 0.2) is 0 Å². The van der Waals surface area contributed by atoms with Gasteiger partial charge in [-0.15, -0.1) is 0 Å². The zero-order chi connectivity index (χ0) is 8.91. The second-order valence-electron chi connectivity index (χ2n) is 3.28. The molecule has 0 bridgehead atoms. The molecule has 0 aliphatic heterocycles. The molecule has 0 rings (SSSR count). The third kappa shape index (κ3) is 3.60. The minimum atomic E-state index is 0.0585. The van der Waals surface area contributed by atoms with E-state index in [1.807, 2.05) is 13.0 Å². The minimum Gasteiger partial charge on any atom is -0.303 e. The number of hydrogen-bond acceptors (Lipinski definition) is 2. The van der Waals surface area contributed by atoms with Crippen LogP contribution in [0.1, 0.15) is 27.7 Å². The topological polar surface area (TPSA) is 62.8 Å². The Bertz CT molecular complexity index is 164. The molecule has 0 saturated carbocycles. The predicted molar refractivity (Wildman–Crippen MR) is 45.4 cm³/mol. The Hall–Kier alpha value is -1.06. The van der Waals surface area contributed by atoms with E-state index in [9.17, 15) is 0 Å². The first-order chi connectivity index (χ1) is 5.02. The van der Waals surface area contributed by atoms with Crippen molar-refractivity contribution in [1.29, 1.82) is 0 Å². The van der Waals surface area contributed by atoms with Crippen LogP contribution in [0.4, 0.5) is 0 Å². The van der Waals surface area contributed by atoms with Crippen molar-refractivity contribution < 1.29 is 0 Å². The maximum absolute atomic E-state index is 4.84. The van der Waals surface area contributed by atoms with Gasteiger partial charge in [-0.25, -0.2) is 0 Å². The van der Waals surface area contributed by atoms with E-state index in [-0.39, 0.29) is 5.41 Å². The Labute approximate surface area is 67.5 Å². The second-order valence-corrected chi connectivity index (χ2v) is 3.28. The smallest absolute Gasteiger partial charge is 0.0364 e. The lowest BCUT2D eigenvalue weighted by Crippen LogP contribution is -2.20. The van der Waals surface area contributed by atoms with Crippen molar-refractivity contribution in [3.05, 3.63) is 11.8 Å². The van der Waals surface area contributed by atoms with E-state index in [2.05, 4.69) is 36.6 Å². The van der Waals surface area contributed by atoms with Crippen molar-refractivity contribution in [2.45, 2.75) is 27.7 Å². The highest BCUT2D eigenvalue weighted by atomic mass is 15.5. The van der Waals surface area contributed by atoms with Crippen LogP contribution in [0.5, 0.6) is 0 Å². The van der Waals surface area contributed by atoms with Gasteiger partial charge in [-0.2, -0.15) is 0 Å². The van der Waals surface area contributed by atoms with Crippen molar-refractivity contribution >= 4 is 0 Å². The highest BCUT2D eigenvalue weighted by Gasteiger charge is 2.15. The van der Waals surface area contributed by atoms with Gasteiger partial charge in [-0.05, 0) is 6.92 Å². The van der Waals surface area contributed by atoms with E-state index in [1.54, 1.807) is 0 Å². The van der Waals surface area contributed by atoms with Gasteiger partial charge in [0.1, 0.15) is 0 Å². The Balaban J connectivity index is 4.21. The van der Waals surface area contributed by atoms with Crippen LogP contribution in [-0.4, -0.2) is 0 Å². The molecule has 0 amide bonds. The van der Waals surface area contributed by atoms with Crippen LogP contribution in [-0.2, 0) is 0 Å². The number of hydrogen-bond donors (Lipinski definition) is 2. The van der Waals surface area contributed by atoms with Gasteiger partial charge < -0.3 is 5.84 Å². The SMILES string of the molecule is C/C=C(\N/N=N\N)C(C)(C)C. The lowest BCUT2D eigenvalue weighted by atomic mass is 9.92. The molecule has 4 nitrogen and oxygen atoms in total. The van der Waals surface area contributed by atoms with Gasteiger partial charge in [0, 0.05) is 11.1 Å². The summed E-state index contributed by atoms with van der Waals surface area (Å²) in [5, 5.41) is 6.60. The molecule has 0 atom stereocenters. The molecule has 64 valence electrons. The van der Waals surface area contributed by atoms with Crippen molar-refractivity contribution in [2.75, 3.05) is 0 Å². The second kappa shape index (κ2) is 3.95. The number of nitrogens with two attached hydrogens (primary N) is 1. The number of nitrogens with one attached hydrogen (secondary N) is 1. The third-order valence-electron chi connectivity index (χ3n) is 1.32. The minimum absolute atomic E-state index is 0.0585. The Kier molecular flexibility index (Phi) is 3.57. The van der Waals surface area contributed by atoms with E-state index >= 15 is 0 Å². The van der Waals surface area contributed by atoms with Crippen molar-refractivity contribution in [2.24, 2.45) is 21.7 Å². The van der Waals surface area contributed by atoms with Crippen LogP contribution in [0.15, 0.2) is 22.2 Å². The van der Waals surface area contributed by atoms with Crippen LogP contribution < -0.4 is 11.3 Å². The largest absolute Gasteiger partial charge is 0.303 e. The summed E-state index contributed by atoms with van der Waals surface area (Å²) >= 11 is 0. The zero-order valence-electron chi connectivity index (χ0n) is 7.55. The monoisotopic (exact) mass is 156 g/mol. The first-order valence-electron chi connectivity index (χ1n) is 3.55. The maximum Gasteiger partial charge on any atom is 0.0364 e. The summed E-state index contributed by atoms with van der Waals surface area (Å²) in [5.74, 6) is 4.84. The average molecular weight is 156 g/mol. The Morgan fingerprint density at radius 3 is 2.27 bits per heavy atom. The average Bonchev–Trinajstić information content (AvgIpc) is 1.87. The highest BCUT2D eigenvalue weighted by Crippen LogP contribution is 2.22. The van der Waals surface area contributed by atoms with Gasteiger partial charge >= 0.3 is 0 Å². The molecule has 0 aromatic heterocycles. The van der Waals surface area contributed by atoms with Crippen LogP contribution in [0, 0.1) is 5.41 Å². The molecule has 4 heteroatoms. The van der Waals surface area contributed by atoms with E-state index in [0.29, 0.717) is 0 Å². The maximum atomic E-state index is 4.84. The molecular weight excluding hydrogens is 140 g/mol. The molecule has 0 aromatic rings. The summed E-state index contributed by atoms with van der Waals surface area (Å²) in [5.41, 5.74) is 3.82. The molecular formula is C7H16N4. The lowest BCUT2D eigenvalue weighted by Gasteiger charge is -2.20. The quantitative estimate of drug-likeness (QED) is 0.363. The summed E-state index contributed by atoms with van der Waals surface area (Å²) in [6, 6.07) is 0. The molecule has 0 fully saturated rings. The zero-order valence-corrected chi connectivity index (χ0v) is 7.55. The van der Waals surface area contributed by atoms with E-state index in [1.165, 1.54) is 0 Å². The molecule has 0 aliphatic rings. The summed E-state index contributed by atoms with van der Waals surface area (Å²) in [7, 11) is 0. The Morgan fingerprint density at radius 1 is 1.45 bits per heavy atom. The van der Waals surface area contributed by atoms with Crippen LogP contribution >= 0.6 is 0 Å². The van der Waals surface area contributed by atoms with Gasteiger partial charge in [-0.3, -0.25) is 5.43 Å². The standard InChI is InChI=1S/C7H16N4/c1-5-6(7(2,3)4)9-11-10-8/h5H,1-4H3,(H2,8,11)(H,9,10)/b6-5-. The first-order valence-corrected chi connectivity index (χ1v) is 3.55. The van der Waals surface area contributed by atoms with Crippen molar-refractivity contribution in [3.8, 4) is 0 Å². The normalized spacial score (nSPS) is 14.0. The van der Waals surface area contributed by atoms with E-state index < -0.39 is 0 Å². The van der Waals surface area contributed by atoms with Gasteiger partial charge in [-0.1, -0.05) is 37.3 Å². The van der Waals surface area contributed by atoms with Gasteiger partial charge in [0.05, 0.1) is 0 Å². The van der Waals surface area contributed by atoms with Crippen LogP contribution in [0.25, 0.3) is 0 Å². The molecule has 3 N–H and O–H groups in total. The fourth-order valence-electron chi connectivity index (χ4n) is 0.748. The molecule has 0 aliphatic carbocycles. The van der Waals surface area contributed by atoms with Gasteiger partial charge in [0.2, 0.25) is 0 Å². The van der Waals surface area contributed by atoms with Crippen molar-refractivity contribution in [3.63, 3.8) is 0 Å².